The minimum absolute atomic E-state index is 0.108. The van der Waals surface area contributed by atoms with E-state index >= 15 is 0 Å². The maximum atomic E-state index is 12.2. The zero-order chi connectivity index (χ0) is 17.9. The molecule has 8 heteroatoms. The molecule has 0 aliphatic carbocycles. The van der Waals surface area contributed by atoms with Crippen LogP contribution in [0.1, 0.15) is 35.1 Å². The van der Waals surface area contributed by atoms with Crippen LogP contribution >= 0.6 is 11.3 Å². The summed E-state index contributed by atoms with van der Waals surface area (Å²) in [5.74, 6) is 0.108. The quantitative estimate of drug-likeness (QED) is 0.771. The van der Waals surface area contributed by atoms with E-state index in [1.54, 1.807) is 11.3 Å². The van der Waals surface area contributed by atoms with E-state index in [1.165, 1.54) is 10.6 Å². The number of rotatable bonds is 6. The summed E-state index contributed by atoms with van der Waals surface area (Å²) < 4.78 is 7.84. The van der Waals surface area contributed by atoms with Crippen LogP contribution in [0.5, 0.6) is 0 Å². The summed E-state index contributed by atoms with van der Waals surface area (Å²) in [5.41, 5.74) is 4.21. The van der Waals surface area contributed by atoms with Gasteiger partial charge in [0.15, 0.2) is 0 Å². The fourth-order valence-corrected chi connectivity index (χ4v) is 4.55. The van der Waals surface area contributed by atoms with E-state index in [4.69, 9.17) is 4.74 Å². The number of fused-ring (bicyclic) bond motifs is 1. The maximum Gasteiger partial charge on any atom is 0.248 e. The van der Waals surface area contributed by atoms with Gasteiger partial charge in [0.05, 0.1) is 29.5 Å². The molecule has 26 heavy (non-hydrogen) atoms. The van der Waals surface area contributed by atoms with Gasteiger partial charge in [-0.05, 0) is 25.8 Å². The standard InChI is InChI=1S/C18H25N5O2S/c1-14-17(26-13-19-14)10-21-8-15-4-5-20-23(15)16(9-21)11-25-12-18(24)22-6-2-3-7-22/h4-5,13,16H,2-3,6-12H2,1H3. The molecule has 1 fully saturated rings. The largest absolute Gasteiger partial charge is 0.369 e. The Labute approximate surface area is 157 Å². The minimum Gasteiger partial charge on any atom is -0.369 e. The van der Waals surface area contributed by atoms with Crippen molar-refractivity contribution in [1.82, 2.24) is 24.6 Å². The highest BCUT2D eigenvalue weighted by atomic mass is 32.1. The SMILES string of the molecule is Cc1ncsc1CN1Cc2ccnn2C(COCC(=O)N2CCCC2)C1. The normalized spacial score (nSPS) is 20.5. The van der Waals surface area contributed by atoms with Crippen LogP contribution in [-0.4, -0.2) is 63.3 Å². The van der Waals surface area contributed by atoms with Crippen LogP contribution in [0.4, 0.5) is 0 Å². The molecule has 2 aliphatic rings. The third-order valence-electron chi connectivity index (χ3n) is 5.16. The van der Waals surface area contributed by atoms with Gasteiger partial charge >= 0.3 is 0 Å². The van der Waals surface area contributed by atoms with Crippen LogP contribution in [-0.2, 0) is 22.6 Å². The lowest BCUT2D eigenvalue weighted by molar-refractivity contribution is -0.135. The number of nitrogens with zero attached hydrogens (tertiary/aromatic N) is 5. The van der Waals surface area contributed by atoms with E-state index in [0.717, 1.165) is 51.3 Å². The molecule has 0 aromatic carbocycles. The first kappa shape index (κ1) is 17.6. The molecule has 0 radical (unpaired) electrons. The van der Waals surface area contributed by atoms with Crippen LogP contribution in [0.3, 0.4) is 0 Å². The number of likely N-dealkylation sites (tertiary alicyclic amines) is 1. The lowest BCUT2D eigenvalue weighted by Gasteiger charge is -2.33. The Hall–Kier alpha value is -1.77. The highest BCUT2D eigenvalue weighted by molar-refractivity contribution is 7.09. The number of amides is 1. The van der Waals surface area contributed by atoms with Gasteiger partial charge in [0.25, 0.3) is 0 Å². The zero-order valence-electron chi connectivity index (χ0n) is 15.1. The molecule has 1 atom stereocenters. The van der Waals surface area contributed by atoms with E-state index in [9.17, 15) is 4.79 Å². The molecule has 0 spiro atoms. The molecular weight excluding hydrogens is 350 g/mol. The molecule has 4 rings (SSSR count). The average molecular weight is 375 g/mol. The van der Waals surface area contributed by atoms with Crippen molar-refractivity contribution < 1.29 is 9.53 Å². The van der Waals surface area contributed by atoms with Gasteiger partial charge in [-0.3, -0.25) is 14.4 Å². The summed E-state index contributed by atoms with van der Waals surface area (Å²) in [4.78, 5) is 22.1. The summed E-state index contributed by atoms with van der Waals surface area (Å²) in [6.45, 7) is 7.11. The molecule has 2 aliphatic heterocycles. The first-order chi connectivity index (χ1) is 12.7. The van der Waals surface area contributed by atoms with Gasteiger partial charge in [-0.2, -0.15) is 5.10 Å². The summed E-state index contributed by atoms with van der Waals surface area (Å²) in [5, 5.41) is 4.47. The molecule has 0 bridgehead atoms. The van der Waals surface area contributed by atoms with Gasteiger partial charge in [0.2, 0.25) is 5.91 Å². The highest BCUT2D eigenvalue weighted by Gasteiger charge is 2.27. The van der Waals surface area contributed by atoms with Crippen molar-refractivity contribution in [3.63, 3.8) is 0 Å². The van der Waals surface area contributed by atoms with Crippen molar-refractivity contribution in [2.24, 2.45) is 0 Å². The first-order valence-electron chi connectivity index (χ1n) is 9.20. The van der Waals surface area contributed by atoms with Crippen molar-refractivity contribution in [3.8, 4) is 0 Å². The summed E-state index contributed by atoms with van der Waals surface area (Å²) in [6, 6.07) is 2.20. The molecule has 2 aromatic heterocycles. The average Bonchev–Trinajstić information content (AvgIpc) is 3.37. The molecule has 1 unspecified atom stereocenters. The van der Waals surface area contributed by atoms with Crippen LogP contribution in [0.15, 0.2) is 17.8 Å². The van der Waals surface area contributed by atoms with Crippen LogP contribution < -0.4 is 0 Å². The van der Waals surface area contributed by atoms with Gasteiger partial charge in [0.1, 0.15) is 6.61 Å². The summed E-state index contributed by atoms with van der Waals surface area (Å²) in [6.07, 6.45) is 4.06. The van der Waals surface area contributed by atoms with E-state index in [1.807, 2.05) is 16.6 Å². The van der Waals surface area contributed by atoms with Gasteiger partial charge in [-0.15, -0.1) is 11.3 Å². The molecule has 1 amide bonds. The van der Waals surface area contributed by atoms with Crippen molar-refractivity contribution in [2.45, 2.75) is 38.9 Å². The van der Waals surface area contributed by atoms with Gasteiger partial charge in [-0.25, -0.2) is 4.98 Å². The minimum atomic E-state index is 0.108. The zero-order valence-corrected chi connectivity index (χ0v) is 16.0. The predicted molar refractivity (Wildman–Crippen MR) is 98.9 cm³/mol. The van der Waals surface area contributed by atoms with E-state index in [-0.39, 0.29) is 18.6 Å². The van der Waals surface area contributed by atoms with Gasteiger partial charge < -0.3 is 9.64 Å². The first-order valence-corrected chi connectivity index (χ1v) is 10.1. The van der Waals surface area contributed by atoms with E-state index in [2.05, 4.69) is 32.7 Å². The molecule has 4 heterocycles. The predicted octanol–water partition coefficient (Wildman–Crippen LogP) is 1.84. The molecule has 140 valence electrons. The van der Waals surface area contributed by atoms with Crippen molar-refractivity contribution in [3.05, 3.63) is 34.0 Å². The number of thiazole rings is 1. The lowest BCUT2D eigenvalue weighted by Crippen LogP contribution is -2.40. The number of carbonyl (C=O) groups excluding carboxylic acids is 1. The van der Waals surface area contributed by atoms with Crippen LogP contribution in [0.2, 0.25) is 0 Å². The molecule has 0 saturated carbocycles. The number of carbonyl (C=O) groups is 1. The second-order valence-corrected chi connectivity index (χ2v) is 7.99. The van der Waals surface area contributed by atoms with Crippen LogP contribution in [0, 0.1) is 6.92 Å². The van der Waals surface area contributed by atoms with E-state index < -0.39 is 0 Å². The molecule has 0 N–H and O–H groups in total. The Morgan fingerprint density at radius 3 is 3.00 bits per heavy atom. The number of aromatic nitrogens is 3. The van der Waals surface area contributed by atoms with E-state index in [0.29, 0.717) is 6.61 Å². The number of ether oxygens (including phenoxy) is 1. The van der Waals surface area contributed by atoms with Crippen molar-refractivity contribution in [2.75, 3.05) is 32.8 Å². The maximum absolute atomic E-state index is 12.2. The number of aryl methyl sites for hydroxylation is 1. The summed E-state index contributed by atoms with van der Waals surface area (Å²) >= 11 is 1.71. The smallest absolute Gasteiger partial charge is 0.248 e. The topological polar surface area (TPSA) is 63.5 Å². The molecule has 1 saturated heterocycles. The Kier molecular flexibility index (Phi) is 5.33. The van der Waals surface area contributed by atoms with Gasteiger partial charge in [0, 0.05) is 43.8 Å². The molecule has 7 nitrogen and oxygen atoms in total. The fourth-order valence-electron chi connectivity index (χ4n) is 3.73. The number of hydrogen-bond donors (Lipinski definition) is 0. The Morgan fingerprint density at radius 2 is 2.23 bits per heavy atom. The Bertz CT molecular complexity index is 752. The lowest BCUT2D eigenvalue weighted by atomic mass is 10.2. The third kappa shape index (κ3) is 3.82. The summed E-state index contributed by atoms with van der Waals surface area (Å²) in [7, 11) is 0. The van der Waals surface area contributed by atoms with Crippen molar-refractivity contribution >= 4 is 17.2 Å². The Balaban J connectivity index is 1.35. The van der Waals surface area contributed by atoms with Crippen LogP contribution in [0.25, 0.3) is 0 Å². The highest BCUT2D eigenvalue weighted by Crippen LogP contribution is 2.24. The van der Waals surface area contributed by atoms with Crippen molar-refractivity contribution in [1.29, 1.82) is 0 Å². The number of hydrogen-bond acceptors (Lipinski definition) is 6. The Morgan fingerprint density at radius 1 is 1.38 bits per heavy atom. The molecular formula is C18H25N5O2S. The third-order valence-corrected chi connectivity index (χ3v) is 6.08. The molecule has 2 aromatic rings. The second kappa shape index (κ2) is 7.85. The monoisotopic (exact) mass is 375 g/mol. The second-order valence-electron chi connectivity index (χ2n) is 7.05. The van der Waals surface area contributed by atoms with Gasteiger partial charge in [-0.1, -0.05) is 0 Å². The fraction of sp³-hybridized carbons (Fsp3) is 0.611.